The third kappa shape index (κ3) is 3.15. The van der Waals surface area contributed by atoms with E-state index in [2.05, 4.69) is 25.6 Å². The number of benzene rings is 1. The van der Waals surface area contributed by atoms with E-state index in [1.807, 2.05) is 24.3 Å². The summed E-state index contributed by atoms with van der Waals surface area (Å²) in [4.78, 5) is 20.1. The third-order valence-corrected chi connectivity index (χ3v) is 4.67. The molecule has 0 aliphatic heterocycles. The number of nitrogens with two attached hydrogens (primary N) is 1. The molecule has 0 atom stereocenters. The number of primary amides is 1. The zero-order chi connectivity index (χ0) is 17.2. The number of hydrogen-bond acceptors (Lipinski definition) is 6. The van der Waals surface area contributed by atoms with Crippen LogP contribution in [0.5, 0.6) is 0 Å². The molecule has 1 amide bonds. The lowest BCUT2D eigenvalue weighted by atomic mass is 9.86. The molecule has 2 heterocycles. The van der Waals surface area contributed by atoms with Crippen LogP contribution in [0.4, 0.5) is 5.95 Å². The van der Waals surface area contributed by atoms with Gasteiger partial charge in [-0.1, -0.05) is 17.3 Å². The summed E-state index contributed by atoms with van der Waals surface area (Å²) < 4.78 is 1.70. The van der Waals surface area contributed by atoms with E-state index in [0.29, 0.717) is 11.8 Å². The Bertz CT molecular complexity index is 899. The van der Waals surface area contributed by atoms with Gasteiger partial charge in [-0.2, -0.15) is 9.67 Å². The first-order valence-corrected chi connectivity index (χ1v) is 8.40. The molecule has 0 radical (unpaired) electrons. The summed E-state index contributed by atoms with van der Waals surface area (Å²) >= 11 is 0. The Labute approximate surface area is 144 Å². The van der Waals surface area contributed by atoms with E-state index in [9.17, 15) is 4.79 Å². The van der Waals surface area contributed by atoms with Gasteiger partial charge in [-0.05, 0) is 37.8 Å². The number of carbonyl (C=O) groups excluding carboxylic acids is 1. The zero-order valence-electron chi connectivity index (χ0n) is 13.7. The van der Waals surface area contributed by atoms with Crippen molar-refractivity contribution in [2.45, 2.75) is 31.7 Å². The lowest BCUT2D eigenvalue weighted by Gasteiger charge is -2.27. The summed E-state index contributed by atoms with van der Waals surface area (Å²) in [5, 5.41) is 11.7. The molecule has 0 unspecified atom stereocenters. The quantitative estimate of drug-likeness (QED) is 0.749. The van der Waals surface area contributed by atoms with Crippen molar-refractivity contribution in [3.8, 4) is 5.82 Å². The number of aromatic nitrogens is 5. The molecule has 1 aliphatic rings. The first kappa shape index (κ1) is 15.5. The minimum absolute atomic E-state index is 0.00758. The van der Waals surface area contributed by atoms with Crippen molar-refractivity contribution in [3.05, 3.63) is 36.5 Å². The van der Waals surface area contributed by atoms with Gasteiger partial charge in [0.15, 0.2) is 5.82 Å². The molecule has 8 heteroatoms. The second kappa shape index (κ2) is 6.46. The lowest BCUT2D eigenvalue weighted by molar-refractivity contribution is -0.122. The number of rotatable bonds is 4. The Morgan fingerprint density at radius 2 is 1.96 bits per heavy atom. The van der Waals surface area contributed by atoms with Crippen molar-refractivity contribution in [3.63, 3.8) is 0 Å². The normalized spacial score (nSPS) is 20.5. The highest BCUT2D eigenvalue weighted by atomic mass is 16.1. The summed E-state index contributed by atoms with van der Waals surface area (Å²) in [6.07, 6.45) is 5.08. The Kier molecular flexibility index (Phi) is 4.01. The Balaban J connectivity index is 1.51. The first-order chi connectivity index (χ1) is 12.2. The van der Waals surface area contributed by atoms with Crippen LogP contribution in [-0.2, 0) is 4.79 Å². The molecule has 128 valence electrons. The van der Waals surface area contributed by atoms with Crippen LogP contribution in [-0.4, -0.2) is 36.9 Å². The van der Waals surface area contributed by atoms with Gasteiger partial charge in [0.1, 0.15) is 5.52 Å². The second-order valence-electron chi connectivity index (χ2n) is 6.32. The van der Waals surface area contributed by atoms with Crippen LogP contribution in [0.25, 0.3) is 16.9 Å². The summed E-state index contributed by atoms with van der Waals surface area (Å²) in [5.74, 6) is 1.01. The molecular formula is C17H19N7O. The number of nitrogens with one attached hydrogen (secondary N) is 1. The maximum absolute atomic E-state index is 11.3. The van der Waals surface area contributed by atoms with Crippen molar-refractivity contribution >= 4 is 22.9 Å². The van der Waals surface area contributed by atoms with Gasteiger partial charge in [0.05, 0.1) is 5.52 Å². The Morgan fingerprint density at radius 1 is 1.16 bits per heavy atom. The molecule has 25 heavy (non-hydrogen) atoms. The predicted octanol–water partition coefficient (Wildman–Crippen LogP) is 1.67. The van der Waals surface area contributed by atoms with Gasteiger partial charge in [-0.3, -0.25) is 4.79 Å². The number of para-hydroxylation sites is 1. The second-order valence-corrected chi connectivity index (χ2v) is 6.32. The standard InChI is InChI=1S/C17H19N7O/c18-16(25)11-5-7-12(8-6-11)20-17-19-10-9-15(21-17)24-14-4-2-1-3-13(14)22-23-24/h1-4,9-12H,5-8H2,(H2,18,25)(H,19,20,21). The van der Waals surface area contributed by atoms with Gasteiger partial charge in [0.25, 0.3) is 0 Å². The lowest BCUT2D eigenvalue weighted by Crippen LogP contribution is -2.32. The summed E-state index contributed by atoms with van der Waals surface area (Å²) in [7, 11) is 0. The topological polar surface area (TPSA) is 112 Å². The first-order valence-electron chi connectivity index (χ1n) is 8.40. The highest BCUT2D eigenvalue weighted by molar-refractivity contribution is 5.76. The van der Waals surface area contributed by atoms with Crippen LogP contribution in [0.1, 0.15) is 25.7 Å². The number of nitrogens with zero attached hydrogens (tertiary/aromatic N) is 5. The van der Waals surface area contributed by atoms with Crippen LogP contribution in [0.15, 0.2) is 36.5 Å². The Morgan fingerprint density at radius 3 is 2.76 bits per heavy atom. The van der Waals surface area contributed by atoms with Gasteiger partial charge in [0.2, 0.25) is 11.9 Å². The summed E-state index contributed by atoms with van der Waals surface area (Å²) in [6, 6.07) is 9.79. The minimum Gasteiger partial charge on any atom is -0.369 e. The Hall–Kier alpha value is -3.03. The molecule has 8 nitrogen and oxygen atoms in total. The molecule has 4 rings (SSSR count). The van der Waals surface area contributed by atoms with Crippen LogP contribution >= 0.6 is 0 Å². The molecule has 1 saturated carbocycles. The molecular weight excluding hydrogens is 318 g/mol. The van der Waals surface area contributed by atoms with E-state index in [1.54, 1.807) is 16.9 Å². The van der Waals surface area contributed by atoms with E-state index >= 15 is 0 Å². The van der Waals surface area contributed by atoms with Crippen molar-refractivity contribution < 1.29 is 4.79 Å². The maximum Gasteiger partial charge on any atom is 0.224 e. The van der Waals surface area contributed by atoms with E-state index in [0.717, 1.165) is 36.7 Å². The fraction of sp³-hybridized carbons (Fsp3) is 0.353. The molecule has 1 aliphatic carbocycles. The number of fused-ring (bicyclic) bond motifs is 1. The van der Waals surface area contributed by atoms with Crippen molar-refractivity contribution in [2.24, 2.45) is 11.7 Å². The molecule has 2 aromatic heterocycles. The van der Waals surface area contributed by atoms with E-state index in [4.69, 9.17) is 5.73 Å². The SMILES string of the molecule is NC(=O)C1CCC(Nc2nccc(-n3nnc4ccccc43)n2)CC1. The monoisotopic (exact) mass is 337 g/mol. The molecule has 1 aromatic carbocycles. The highest BCUT2D eigenvalue weighted by Gasteiger charge is 2.25. The minimum atomic E-state index is -0.199. The van der Waals surface area contributed by atoms with Gasteiger partial charge >= 0.3 is 0 Å². The van der Waals surface area contributed by atoms with Crippen LogP contribution in [0.3, 0.4) is 0 Å². The third-order valence-electron chi connectivity index (χ3n) is 4.67. The average molecular weight is 337 g/mol. The van der Waals surface area contributed by atoms with Crippen LogP contribution in [0.2, 0.25) is 0 Å². The molecule has 3 N–H and O–H groups in total. The van der Waals surface area contributed by atoms with Crippen molar-refractivity contribution in [1.82, 2.24) is 25.0 Å². The average Bonchev–Trinajstić information content (AvgIpc) is 3.06. The molecule has 3 aromatic rings. The predicted molar refractivity (Wildman–Crippen MR) is 93.0 cm³/mol. The smallest absolute Gasteiger partial charge is 0.224 e. The highest BCUT2D eigenvalue weighted by Crippen LogP contribution is 2.25. The summed E-state index contributed by atoms with van der Waals surface area (Å²) in [5.41, 5.74) is 7.10. The van der Waals surface area contributed by atoms with E-state index in [1.165, 1.54) is 0 Å². The van der Waals surface area contributed by atoms with Crippen LogP contribution in [0, 0.1) is 5.92 Å². The van der Waals surface area contributed by atoms with Crippen molar-refractivity contribution in [1.29, 1.82) is 0 Å². The number of amides is 1. The molecule has 0 saturated heterocycles. The number of anilines is 1. The zero-order valence-corrected chi connectivity index (χ0v) is 13.7. The van der Waals surface area contributed by atoms with Crippen molar-refractivity contribution in [2.75, 3.05) is 5.32 Å². The maximum atomic E-state index is 11.3. The molecule has 0 spiro atoms. The van der Waals surface area contributed by atoms with Gasteiger partial charge in [-0.15, -0.1) is 5.10 Å². The van der Waals surface area contributed by atoms with E-state index < -0.39 is 0 Å². The van der Waals surface area contributed by atoms with Gasteiger partial charge < -0.3 is 11.1 Å². The number of hydrogen-bond donors (Lipinski definition) is 2. The molecule has 1 fully saturated rings. The number of carbonyl (C=O) groups is 1. The summed E-state index contributed by atoms with van der Waals surface area (Å²) in [6.45, 7) is 0. The van der Waals surface area contributed by atoms with Crippen LogP contribution < -0.4 is 11.1 Å². The largest absolute Gasteiger partial charge is 0.369 e. The fourth-order valence-electron chi connectivity index (χ4n) is 3.28. The fourth-order valence-corrected chi connectivity index (χ4v) is 3.28. The van der Waals surface area contributed by atoms with Gasteiger partial charge in [-0.25, -0.2) is 4.98 Å². The van der Waals surface area contributed by atoms with E-state index in [-0.39, 0.29) is 17.9 Å². The van der Waals surface area contributed by atoms with Gasteiger partial charge in [0, 0.05) is 24.2 Å². The molecule has 0 bridgehead atoms.